The van der Waals surface area contributed by atoms with E-state index in [-0.39, 0.29) is 11.4 Å². The van der Waals surface area contributed by atoms with E-state index in [1.54, 1.807) is 24.3 Å². The van der Waals surface area contributed by atoms with Crippen LogP contribution in [0.25, 0.3) is 21.9 Å². The molecular weight excluding hydrogens is 452 g/mol. The Morgan fingerprint density at radius 2 is 1.78 bits per heavy atom. The van der Waals surface area contributed by atoms with Gasteiger partial charge in [-0.25, -0.2) is 8.42 Å². The van der Waals surface area contributed by atoms with Crippen molar-refractivity contribution in [2.75, 3.05) is 23.0 Å². The van der Waals surface area contributed by atoms with Crippen LogP contribution >= 0.6 is 11.6 Å². The van der Waals surface area contributed by atoms with Gasteiger partial charge in [0.2, 0.25) is 15.9 Å². The molecule has 1 aromatic heterocycles. The number of furan rings is 1. The third kappa shape index (κ3) is 4.11. The first kappa shape index (κ1) is 22.0. The van der Waals surface area contributed by atoms with Gasteiger partial charge in [-0.1, -0.05) is 29.8 Å². The first-order chi connectivity index (χ1) is 15.2. The highest BCUT2D eigenvalue weighted by molar-refractivity contribution is 7.92. The SMILES string of the molecule is COc1ccc(Cl)cc1N(C(C)C(=O)Nc1ccc2c(c1)oc1ccccc12)S(C)(=O)=O. The second kappa shape index (κ2) is 8.37. The molecule has 0 aliphatic rings. The minimum atomic E-state index is -3.84. The average Bonchev–Trinajstić information content (AvgIpc) is 3.10. The highest BCUT2D eigenvalue weighted by Gasteiger charge is 2.31. The number of benzene rings is 3. The van der Waals surface area contributed by atoms with E-state index >= 15 is 0 Å². The van der Waals surface area contributed by atoms with Crippen molar-refractivity contribution < 1.29 is 22.4 Å². The van der Waals surface area contributed by atoms with Gasteiger partial charge in [0.25, 0.3) is 0 Å². The summed E-state index contributed by atoms with van der Waals surface area (Å²) in [6.45, 7) is 1.50. The molecule has 1 amide bonds. The summed E-state index contributed by atoms with van der Waals surface area (Å²) in [5.41, 5.74) is 2.03. The third-order valence-electron chi connectivity index (χ3n) is 5.11. The Morgan fingerprint density at radius 1 is 1.06 bits per heavy atom. The number of ether oxygens (including phenoxy) is 1. The summed E-state index contributed by atoms with van der Waals surface area (Å²) >= 11 is 6.08. The van der Waals surface area contributed by atoms with Gasteiger partial charge < -0.3 is 14.5 Å². The number of amides is 1. The second-order valence-electron chi connectivity index (χ2n) is 7.35. The molecule has 0 aliphatic heterocycles. The Kier molecular flexibility index (Phi) is 5.75. The molecule has 0 saturated heterocycles. The molecule has 3 aromatic carbocycles. The van der Waals surface area contributed by atoms with Gasteiger partial charge in [-0.2, -0.15) is 0 Å². The highest BCUT2D eigenvalue weighted by atomic mass is 35.5. The van der Waals surface area contributed by atoms with Gasteiger partial charge in [-0.15, -0.1) is 0 Å². The maximum atomic E-state index is 13.0. The Balaban J connectivity index is 1.67. The monoisotopic (exact) mass is 472 g/mol. The van der Waals surface area contributed by atoms with E-state index in [9.17, 15) is 13.2 Å². The number of rotatable bonds is 6. The number of nitrogens with zero attached hydrogens (tertiary/aromatic N) is 1. The maximum absolute atomic E-state index is 13.0. The molecule has 9 heteroatoms. The van der Waals surface area contributed by atoms with Gasteiger partial charge in [0.15, 0.2) is 0 Å². The number of halogens is 1. The zero-order chi connectivity index (χ0) is 23.0. The number of para-hydroxylation sites is 1. The number of hydrogen-bond donors (Lipinski definition) is 1. The Morgan fingerprint density at radius 3 is 2.50 bits per heavy atom. The fourth-order valence-electron chi connectivity index (χ4n) is 3.67. The molecule has 0 radical (unpaired) electrons. The molecule has 4 aromatic rings. The van der Waals surface area contributed by atoms with Gasteiger partial charge >= 0.3 is 0 Å². The van der Waals surface area contributed by atoms with E-state index in [2.05, 4.69) is 5.32 Å². The fourth-order valence-corrected chi connectivity index (χ4v) is 5.00. The van der Waals surface area contributed by atoms with Crippen molar-refractivity contribution in [1.82, 2.24) is 0 Å². The Bertz CT molecular complexity index is 1430. The van der Waals surface area contributed by atoms with Crippen molar-refractivity contribution in [3.8, 4) is 5.75 Å². The number of carbonyl (C=O) groups is 1. The minimum absolute atomic E-state index is 0.179. The largest absolute Gasteiger partial charge is 0.495 e. The van der Waals surface area contributed by atoms with Gasteiger partial charge in [-0.3, -0.25) is 9.10 Å². The van der Waals surface area contributed by atoms with Crippen LogP contribution in [0.5, 0.6) is 5.75 Å². The molecule has 166 valence electrons. The smallest absolute Gasteiger partial charge is 0.247 e. The van der Waals surface area contributed by atoms with Crippen LogP contribution in [0.1, 0.15) is 6.92 Å². The van der Waals surface area contributed by atoms with Gasteiger partial charge in [0.1, 0.15) is 23.0 Å². The summed E-state index contributed by atoms with van der Waals surface area (Å²) in [6, 6.07) is 16.5. The summed E-state index contributed by atoms with van der Waals surface area (Å²) in [4.78, 5) is 13.0. The molecule has 32 heavy (non-hydrogen) atoms. The quantitative estimate of drug-likeness (QED) is 0.424. The summed E-state index contributed by atoms with van der Waals surface area (Å²) in [5.74, 6) is -0.240. The molecule has 7 nitrogen and oxygen atoms in total. The Labute approximate surface area is 190 Å². The standard InChI is InChI=1S/C23H21ClN2O5S/c1-14(26(32(3,28)29)19-12-15(24)8-11-21(19)30-2)23(27)25-16-9-10-18-17-6-4-5-7-20(17)31-22(18)13-16/h4-14H,1-3H3,(H,25,27). The van der Waals surface area contributed by atoms with Crippen molar-refractivity contribution in [1.29, 1.82) is 0 Å². The predicted molar refractivity (Wildman–Crippen MR) is 127 cm³/mol. The van der Waals surface area contributed by atoms with Crippen molar-refractivity contribution in [3.05, 3.63) is 65.7 Å². The number of fused-ring (bicyclic) bond motifs is 3. The first-order valence-electron chi connectivity index (χ1n) is 9.74. The Hall–Kier alpha value is -3.23. The van der Waals surface area contributed by atoms with Crippen molar-refractivity contribution in [2.24, 2.45) is 0 Å². The zero-order valence-electron chi connectivity index (χ0n) is 17.6. The lowest BCUT2D eigenvalue weighted by Crippen LogP contribution is -2.45. The number of sulfonamides is 1. The summed E-state index contributed by atoms with van der Waals surface area (Å²) in [7, 11) is -2.42. The van der Waals surface area contributed by atoms with E-state index in [1.807, 2.05) is 30.3 Å². The van der Waals surface area contributed by atoms with Gasteiger partial charge in [0, 0.05) is 27.5 Å². The molecule has 0 bridgehead atoms. The molecule has 1 heterocycles. The summed E-state index contributed by atoms with van der Waals surface area (Å²) in [6.07, 6.45) is 1.03. The van der Waals surface area contributed by atoms with E-state index in [0.717, 1.165) is 26.9 Å². The van der Waals surface area contributed by atoms with Crippen LogP contribution in [0.2, 0.25) is 5.02 Å². The second-order valence-corrected chi connectivity index (χ2v) is 9.65. The van der Waals surface area contributed by atoms with E-state index < -0.39 is 22.0 Å². The molecule has 0 saturated carbocycles. The molecule has 1 N–H and O–H groups in total. The van der Waals surface area contributed by atoms with Crippen LogP contribution in [0.4, 0.5) is 11.4 Å². The number of hydrogen-bond acceptors (Lipinski definition) is 5. The van der Waals surface area contributed by atoms with Crippen LogP contribution in [-0.2, 0) is 14.8 Å². The van der Waals surface area contributed by atoms with E-state index in [1.165, 1.54) is 20.1 Å². The number of carbonyl (C=O) groups excluding carboxylic acids is 1. The lowest BCUT2D eigenvalue weighted by Gasteiger charge is -2.29. The third-order valence-corrected chi connectivity index (χ3v) is 6.58. The van der Waals surface area contributed by atoms with Crippen molar-refractivity contribution in [2.45, 2.75) is 13.0 Å². The molecule has 0 fully saturated rings. The molecular formula is C23H21ClN2O5S. The molecule has 1 atom stereocenters. The van der Waals surface area contributed by atoms with Gasteiger partial charge in [0.05, 0.1) is 19.1 Å². The zero-order valence-corrected chi connectivity index (χ0v) is 19.2. The van der Waals surface area contributed by atoms with E-state index in [4.69, 9.17) is 20.8 Å². The van der Waals surface area contributed by atoms with Crippen LogP contribution in [-0.4, -0.2) is 33.7 Å². The van der Waals surface area contributed by atoms with Crippen molar-refractivity contribution >= 4 is 60.8 Å². The molecule has 0 aliphatic carbocycles. The van der Waals surface area contributed by atoms with Crippen LogP contribution < -0.4 is 14.4 Å². The summed E-state index contributed by atoms with van der Waals surface area (Å²) in [5, 5.41) is 4.99. The predicted octanol–water partition coefficient (Wildman–Crippen LogP) is 5.04. The number of methoxy groups -OCH3 is 1. The van der Waals surface area contributed by atoms with Crippen LogP contribution in [0, 0.1) is 0 Å². The molecule has 1 unspecified atom stereocenters. The fraction of sp³-hybridized carbons (Fsp3) is 0.174. The summed E-state index contributed by atoms with van der Waals surface area (Å²) < 4.78 is 37.4. The maximum Gasteiger partial charge on any atom is 0.247 e. The minimum Gasteiger partial charge on any atom is -0.495 e. The first-order valence-corrected chi connectivity index (χ1v) is 12.0. The normalized spacial score (nSPS) is 12.6. The molecule has 4 rings (SSSR count). The van der Waals surface area contributed by atoms with Crippen molar-refractivity contribution in [3.63, 3.8) is 0 Å². The average molecular weight is 473 g/mol. The number of nitrogens with one attached hydrogen (secondary N) is 1. The van der Waals surface area contributed by atoms with Crippen LogP contribution in [0.15, 0.2) is 65.1 Å². The lowest BCUT2D eigenvalue weighted by molar-refractivity contribution is -0.116. The van der Waals surface area contributed by atoms with Crippen LogP contribution in [0.3, 0.4) is 0 Å². The lowest BCUT2D eigenvalue weighted by atomic mass is 10.1. The van der Waals surface area contributed by atoms with Gasteiger partial charge in [-0.05, 0) is 43.3 Å². The highest BCUT2D eigenvalue weighted by Crippen LogP contribution is 2.35. The number of anilines is 2. The molecule has 0 spiro atoms. The van der Waals surface area contributed by atoms with E-state index in [0.29, 0.717) is 16.3 Å². The topological polar surface area (TPSA) is 88.8 Å².